The standard InChI is InChI=1S/C9H7NO3/c11-6-2-4-8-7(9(12)13)3-1-5-10-8/h1,3,5,11H,6H2,(H,12,13). The second-order valence-corrected chi connectivity index (χ2v) is 2.16. The Balaban J connectivity index is 3.12. The molecule has 0 saturated carbocycles. The lowest BCUT2D eigenvalue weighted by Crippen LogP contribution is -2.01. The minimum Gasteiger partial charge on any atom is -0.478 e. The van der Waals surface area contributed by atoms with E-state index in [0.717, 1.165) is 0 Å². The molecule has 0 unspecified atom stereocenters. The quantitative estimate of drug-likeness (QED) is 0.598. The van der Waals surface area contributed by atoms with E-state index in [9.17, 15) is 4.79 Å². The van der Waals surface area contributed by atoms with Crippen LogP contribution in [0.1, 0.15) is 16.1 Å². The maximum Gasteiger partial charge on any atom is 0.338 e. The van der Waals surface area contributed by atoms with Gasteiger partial charge in [0.25, 0.3) is 0 Å². The van der Waals surface area contributed by atoms with Gasteiger partial charge < -0.3 is 10.2 Å². The van der Waals surface area contributed by atoms with E-state index in [4.69, 9.17) is 10.2 Å². The van der Waals surface area contributed by atoms with Crippen molar-refractivity contribution in [3.63, 3.8) is 0 Å². The van der Waals surface area contributed by atoms with E-state index < -0.39 is 5.97 Å². The first-order chi connectivity index (χ1) is 6.25. The topological polar surface area (TPSA) is 70.4 Å². The zero-order chi connectivity index (χ0) is 9.68. The van der Waals surface area contributed by atoms with E-state index in [1.54, 1.807) is 0 Å². The fraction of sp³-hybridized carbons (Fsp3) is 0.111. The lowest BCUT2D eigenvalue weighted by Gasteiger charge is -1.95. The highest BCUT2D eigenvalue weighted by Gasteiger charge is 2.07. The predicted octanol–water partition coefficient (Wildman–Crippen LogP) is 0.124. The van der Waals surface area contributed by atoms with Crippen LogP contribution < -0.4 is 0 Å². The summed E-state index contributed by atoms with van der Waals surface area (Å²) in [5.41, 5.74) is 0.215. The van der Waals surface area contributed by atoms with Gasteiger partial charge in [-0.2, -0.15) is 0 Å². The van der Waals surface area contributed by atoms with Gasteiger partial charge in [0, 0.05) is 6.20 Å². The number of pyridine rings is 1. The molecule has 0 bridgehead atoms. The number of rotatable bonds is 1. The molecule has 0 saturated heterocycles. The molecule has 4 heteroatoms. The van der Waals surface area contributed by atoms with E-state index in [1.165, 1.54) is 18.3 Å². The molecule has 0 spiro atoms. The summed E-state index contributed by atoms with van der Waals surface area (Å²) in [4.78, 5) is 14.4. The van der Waals surface area contributed by atoms with Crippen LogP contribution in [-0.2, 0) is 0 Å². The molecule has 2 N–H and O–H groups in total. The highest BCUT2D eigenvalue weighted by atomic mass is 16.4. The van der Waals surface area contributed by atoms with Crippen LogP contribution in [0.15, 0.2) is 18.3 Å². The maximum absolute atomic E-state index is 10.6. The molecule has 0 amide bonds. The van der Waals surface area contributed by atoms with Gasteiger partial charge in [0.1, 0.15) is 12.3 Å². The number of aliphatic hydroxyl groups excluding tert-OH is 1. The van der Waals surface area contributed by atoms with Crippen molar-refractivity contribution in [2.45, 2.75) is 0 Å². The third-order valence-corrected chi connectivity index (χ3v) is 1.32. The van der Waals surface area contributed by atoms with E-state index in [1.807, 2.05) is 0 Å². The van der Waals surface area contributed by atoms with Crippen LogP contribution in [-0.4, -0.2) is 27.8 Å². The van der Waals surface area contributed by atoms with Crippen molar-refractivity contribution < 1.29 is 15.0 Å². The molecule has 1 heterocycles. The van der Waals surface area contributed by atoms with Crippen molar-refractivity contribution in [3.05, 3.63) is 29.6 Å². The number of aliphatic hydroxyl groups is 1. The van der Waals surface area contributed by atoms with Crippen molar-refractivity contribution in [1.29, 1.82) is 0 Å². The number of aromatic carboxylic acids is 1. The van der Waals surface area contributed by atoms with Gasteiger partial charge >= 0.3 is 5.97 Å². The second kappa shape index (κ2) is 4.24. The minimum absolute atomic E-state index is 0.0449. The van der Waals surface area contributed by atoms with Crippen molar-refractivity contribution in [1.82, 2.24) is 4.98 Å². The van der Waals surface area contributed by atoms with Crippen LogP contribution in [0.5, 0.6) is 0 Å². The molecule has 0 radical (unpaired) electrons. The summed E-state index contributed by atoms with van der Waals surface area (Å²) in [6.07, 6.45) is 1.45. The molecule has 4 nitrogen and oxygen atoms in total. The molecular weight excluding hydrogens is 170 g/mol. The van der Waals surface area contributed by atoms with E-state index in [0.29, 0.717) is 0 Å². The Labute approximate surface area is 74.9 Å². The summed E-state index contributed by atoms with van der Waals surface area (Å²) >= 11 is 0. The first kappa shape index (κ1) is 9.23. The minimum atomic E-state index is -1.07. The summed E-state index contributed by atoms with van der Waals surface area (Å²) < 4.78 is 0. The maximum atomic E-state index is 10.6. The molecule has 0 aliphatic rings. The zero-order valence-electron chi connectivity index (χ0n) is 6.69. The molecule has 1 aromatic rings. The van der Waals surface area contributed by atoms with E-state index in [2.05, 4.69) is 16.8 Å². The second-order valence-electron chi connectivity index (χ2n) is 2.16. The number of carbonyl (C=O) groups is 1. The van der Waals surface area contributed by atoms with Gasteiger partial charge in [-0.15, -0.1) is 0 Å². The van der Waals surface area contributed by atoms with Crippen molar-refractivity contribution in [2.24, 2.45) is 0 Å². The largest absolute Gasteiger partial charge is 0.478 e. The predicted molar refractivity (Wildman–Crippen MR) is 45.2 cm³/mol. The molecule has 66 valence electrons. The fourth-order valence-corrected chi connectivity index (χ4v) is 0.801. The number of carboxylic acid groups (broad SMARTS) is 1. The van der Waals surface area contributed by atoms with E-state index in [-0.39, 0.29) is 17.9 Å². The van der Waals surface area contributed by atoms with Crippen molar-refractivity contribution in [3.8, 4) is 11.8 Å². The van der Waals surface area contributed by atoms with Gasteiger partial charge in [-0.3, -0.25) is 0 Å². The Bertz CT molecular complexity index is 376. The molecule has 0 fully saturated rings. The monoisotopic (exact) mass is 177 g/mol. The normalized spacial score (nSPS) is 8.69. The summed E-state index contributed by atoms with van der Waals surface area (Å²) in [7, 11) is 0. The molecule has 0 aromatic carbocycles. The number of aromatic nitrogens is 1. The Morgan fingerprint density at radius 3 is 3.00 bits per heavy atom. The van der Waals surface area contributed by atoms with Crippen molar-refractivity contribution >= 4 is 5.97 Å². The Morgan fingerprint density at radius 2 is 2.38 bits per heavy atom. The van der Waals surface area contributed by atoms with E-state index >= 15 is 0 Å². The smallest absolute Gasteiger partial charge is 0.338 e. The molecule has 0 aliphatic heterocycles. The number of nitrogens with zero attached hydrogens (tertiary/aromatic N) is 1. The van der Waals surface area contributed by atoms with Crippen LogP contribution in [0.25, 0.3) is 0 Å². The first-order valence-corrected chi connectivity index (χ1v) is 3.53. The van der Waals surface area contributed by atoms with Gasteiger partial charge in [0.2, 0.25) is 0 Å². The third-order valence-electron chi connectivity index (χ3n) is 1.32. The van der Waals surface area contributed by atoms with Gasteiger partial charge in [-0.25, -0.2) is 9.78 Å². The number of hydrogen-bond acceptors (Lipinski definition) is 3. The number of hydrogen-bond donors (Lipinski definition) is 2. The zero-order valence-corrected chi connectivity index (χ0v) is 6.69. The fourth-order valence-electron chi connectivity index (χ4n) is 0.801. The first-order valence-electron chi connectivity index (χ1n) is 3.53. The lowest BCUT2D eigenvalue weighted by molar-refractivity contribution is 0.0696. The molecule has 1 rings (SSSR count). The van der Waals surface area contributed by atoms with Crippen molar-refractivity contribution in [2.75, 3.05) is 6.61 Å². The molecule has 1 aromatic heterocycles. The van der Waals surface area contributed by atoms with Gasteiger partial charge in [-0.1, -0.05) is 5.92 Å². The highest BCUT2D eigenvalue weighted by Crippen LogP contribution is 2.02. The molecule has 13 heavy (non-hydrogen) atoms. The highest BCUT2D eigenvalue weighted by molar-refractivity contribution is 5.89. The summed E-state index contributed by atoms with van der Waals surface area (Å²) in [5.74, 6) is 3.72. The van der Waals surface area contributed by atoms with Crippen LogP contribution in [0, 0.1) is 11.8 Å². The average Bonchev–Trinajstić information content (AvgIpc) is 2.15. The Kier molecular flexibility index (Phi) is 3.01. The summed E-state index contributed by atoms with van der Waals surface area (Å²) in [6, 6.07) is 2.93. The van der Waals surface area contributed by atoms with Crippen LogP contribution >= 0.6 is 0 Å². The molecule has 0 aliphatic carbocycles. The molecule has 0 atom stereocenters. The molecular formula is C9H7NO3. The van der Waals surface area contributed by atoms with Gasteiger partial charge in [-0.05, 0) is 18.1 Å². The Hall–Kier alpha value is -1.86. The SMILES string of the molecule is O=C(O)c1cccnc1C#CCO. The van der Waals surface area contributed by atoms with Gasteiger partial charge in [0.05, 0.1) is 5.56 Å². The van der Waals surface area contributed by atoms with Gasteiger partial charge in [0.15, 0.2) is 0 Å². The van der Waals surface area contributed by atoms with Crippen LogP contribution in [0.4, 0.5) is 0 Å². The van der Waals surface area contributed by atoms with Crippen LogP contribution in [0.3, 0.4) is 0 Å². The van der Waals surface area contributed by atoms with Crippen LogP contribution in [0.2, 0.25) is 0 Å². The third kappa shape index (κ3) is 2.29. The summed E-state index contributed by atoms with van der Waals surface area (Å²) in [5, 5.41) is 17.1. The number of carboxylic acids is 1. The average molecular weight is 177 g/mol. The Morgan fingerprint density at radius 1 is 1.62 bits per heavy atom. The summed E-state index contributed by atoms with van der Waals surface area (Å²) in [6.45, 7) is -0.310. The lowest BCUT2D eigenvalue weighted by atomic mass is 10.2.